The van der Waals surface area contributed by atoms with Gasteiger partial charge in [0.1, 0.15) is 11.6 Å². The van der Waals surface area contributed by atoms with Gasteiger partial charge in [-0.05, 0) is 41.9 Å². The summed E-state index contributed by atoms with van der Waals surface area (Å²) in [6, 6.07) is 13.7. The summed E-state index contributed by atoms with van der Waals surface area (Å²) < 4.78 is 13.2. The Labute approximate surface area is 114 Å². The third-order valence-electron chi connectivity index (χ3n) is 2.66. The van der Waals surface area contributed by atoms with Crippen LogP contribution < -0.4 is 5.32 Å². The lowest BCUT2D eigenvalue weighted by Crippen LogP contribution is -1.97. The second-order valence-electron chi connectivity index (χ2n) is 3.99. The highest BCUT2D eigenvalue weighted by atomic mass is 35.5. The SMILES string of the molecule is Fc1cccc(Nc2nc(Cl)nc3ccccc23)c1. The molecule has 3 aromatic rings. The lowest BCUT2D eigenvalue weighted by atomic mass is 10.2. The van der Waals surface area contributed by atoms with Crippen LogP contribution in [-0.4, -0.2) is 9.97 Å². The molecule has 0 spiro atoms. The zero-order valence-corrected chi connectivity index (χ0v) is 10.5. The molecular weight excluding hydrogens is 265 g/mol. The predicted molar refractivity (Wildman–Crippen MR) is 74.2 cm³/mol. The van der Waals surface area contributed by atoms with Gasteiger partial charge in [-0.3, -0.25) is 0 Å². The maximum Gasteiger partial charge on any atom is 0.224 e. The van der Waals surface area contributed by atoms with Crippen molar-refractivity contribution in [1.29, 1.82) is 0 Å². The molecule has 0 amide bonds. The number of hydrogen-bond donors (Lipinski definition) is 1. The van der Waals surface area contributed by atoms with Crippen LogP contribution in [0.1, 0.15) is 0 Å². The molecule has 0 aliphatic heterocycles. The second kappa shape index (κ2) is 4.82. The van der Waals surface area contributed by atoms with Gasteiger partial charge < -0.3 is 5.32 Å². The van der Waals surface area contributed by atoms with Crippen molar-refractivity contribution in [1.82, 2.24) is 9.97 Å². The molecule has 0 radical (unpaired) electrons. The van der Waals surface area contributed by atoms with E-state index in [0.717, 1.165) is 10.9 Å². The molecule has 5 heteroatoms. The van der Waals surface area contributed by atoms with Gasteiger partial charge in [0.15, 0.2) is 0 Å². The van der Waals surface area contributed by atoms with Gasteiger partial charge in [-0.25, -0.2) is 9.37 Å². The van der Waals surface area contributed by atoms with Crippen LogP contribution >= 0.6 is 11.6 Å². The number of rotatable bonds is 2. The molecule has 1 N–H and O–H groups in total. The predicted octanol–water partition coefficient (Wildman–Crippen LogP) is 4.17. The van der Waals surface area contributed by atoms with Crippen LogP contribution in [0.3, 0.4) is 0 Å². The normalized spacial score (nSPS) is 10.6. The highest BCUT2D eigenvalue weighted by Gasteiger charge is 2.06. The zero-order valence-electron chi connectivity index (χ0n) is 9.77. The number of benzene rings is 2. The van der Waals surface area contributed by atoms with E-state index in [0.29, 0.717) is 11.5 Å². The number of aromatic nitrogens is 2. The number of halogens is 2. The largest absolute Gasteiger partial charge is 0.339 e. The van der Waals surface area contributed by atoms with Crippen LogP contribution in [0, 0.1) is 5.82 Å². The molecule has 19 heavy (non-hydrogen) atoms. The minimum absolute atomic E-state index is 0.151. The molecule has 0 saturated carbocycles. The Hall–Kier alpha value is -2.20. The Morgan fingerprint density at radius 3 is 2.68 bits per heavy atom. The molecule has 0 unspecified atom stereocenters. The van der Waals surface area contributed by atoms with Crippen molar-refractivity contribution >= 4 is 34.0 Å². The Bertz CT molecular complexity index is 746. The summed E-state index contributed by atoms with van der Waals surface area (Å²) in [6.07, 6.45) is 0. The molecule has 0 atom stereocenters. The Balaban J connectivity index is 2.09. The molecule has 94 valence electrons. The van der Waals surface area contributed by atoms with Gasteiger partial charge >= 0.3 is 0 Å². The van der Waals surface area contributed by atoms with E-state index in [-0.39, 0.29) is 11.1 Å². The number of nitrogens with zero attached hydrogens (tertiary/aromatic N) is 2. The fourth-order valence-electron chi connectivity index (χ4n) is 1.85. The van der Waals surface area contributed by atoms with E-state index in [2.05, 4.69) is 15.3 Å². The van der Waals surface area contributed by atoms with Crippen molar-refractivity contribution in [3.8, 4) is 0 Å². The molecular formula is C14H9ClFN3. The van der Waals surface area contributed by atoms with Crippen molar-refractivity contribution in [3.05, 3.63) is 59.6 Å². The summed E-state index contributed by atoms with van der Waals surface area (Å²) in [4.78, 5) is 8.28. The number of hydrogen-bond acceptors (Lipinski definition) is 3. The quantitative estimate of drug-likeness (QED) is 0.712. The number of anilines is 2. The Morgan fingerprint density at radius 1 is 1.00 bits per heavy atom. The summed E-state index contributed by atoms with van der Waals surface area (Å²) in [5, 5.41) is 4.03. The number of nitrogens with one attached hydrogen (secondary N) is 1. The van der Waals surface area contributed by atoms with Gasteiger partial charge in [0.05, 0.1) is 5.52 Å². The van der Waals surface area contributed by atoms with Crippen molar-refractivity contribution in [2.24, 2.45) is 0 Å². The molecule has 2 aromatic carbocycles. The van der Waals surface area contributed by atoms with Crippen LogP contribution in [-0.2, 0) is 0 Å². The lowest BCUT2D eigenvalue weighted by molar-refractivity contribution is 0.628. The Morgan fingerprint density at radius 2 is 1.84 bits per heavy atom. The summed E-state index contributed by atoms with van der Waals surface area (Å²) in [5.41, 5.74) is 1.35. The fourth-order valence-corrected chi connectivity index (χ4v) is 2.02. The minimum Gasteiger partial charge on any atom is -0.339 e. The first-order chi connectivity index (χ1) is 9.22. The maximum absolute atomic E-state index is 13.2. The lowest BCUT2D eigenvalue weighted by Gasteiger charge is -2.08. The van der Waals surface area contributed by atoms with Crippen LogP contribution in [0.2, 0.25) is 5.28 Å². The fraction of sp³-hybridized carbons (Fsp3) is 0. The summed E-state index contributed by atoms with van der Waals surface area (Å²) in [5.74, 6) is 0.246. The molecule has 0 fully saturated rings. The summed E-state index contributed by atoms with van der Waals surface area (Å²) in [7, 11) is 0. The molecule has 0 aliphatic rings. The topological polar surface area (TPSA) is 37.8 Å². The van der Waals surface area contributed by atoms with Crippen LogP contribution in [0.15, 0.2) is 48.5 Å². The number of para-hydroxylation sites is 1. The molecule has 1 heterocycles. The molecule has 0 bridgehead atoms. The van der Waals surface area contributed by atoms with Crippen molar-refractivity contribution < 1.29 is 4.39 Å². The van der Waals surface area contributed by atoms with Crippen molar-refractivity contribution in [2.75, 3.05) is 5.32 Å². The van der Waals surface area contributed by atoms with Gasteiger partial charge in [0.2, 0.25) is 5.28 Å². The van der Waals surface area contributed by atoms with Gasteiger partial charge in [0, 0.05) is 11.1 Å². The Kier molecular flexibility index (Phi) is 3.01. The highest BCUT2D eigenvalue weighted by Crippen LogP contribution is 2.25. The summed E-state index contributed by atoms with van der Waals surface area (Å²) in [6.45, 7) is 0. The van der Waals surface area contributed by atoms with Gasteiger partial charge in [-0.2, -0.15) is 4.98 Å². The van der Waals surface area contributed by atoms with Crippen LogP contribution in [0.5, 0.6) is 0 Å². The standard InChI is InChI=1S/C14H9ClFN3/c15-14-18-12-7-2-1-6-11(12)13(19-14)17-10-5-3-4-9(16)8-10/h1-8H,(H,17,18,19). The first-order valence-corrected chi connectivity index (χ1v) is 6.05. The highest BCUT2D eigenvalue weighted by molar-refractivity contribution is 6.28. The maximum atomic E-state index is 13.2. The van der Waals surface area contributed by atoms with Gasteiger partial charge in [-0.15, -0.1) is 0 Å². The zero-order chi connectivity index (χ0) is 13.2. The van der Waals surface area contributed by atoms with E-state index < -0.39 is 0 Å². The third-order valence-corrected chi connectivity index (χ3v) is 2.83. The molecule has 3 nitrogen and oxygen atoms in total. The van der Waals surface area contributed by atoms with E-state index in [9.17, 15) is 4.39 Å². The van der Waals surface area contributed by atoms with Crippen LogP contribution in [0.25, 0.3) is 10.9 Å². The van der Waals surface area contributed by atoms with E-state index in [4.69, 9.17) is 11.6 Å². The second-order valence-corrected chi connectivity index (χ2v) is 4.33. The van der Waals surface area contributed by atoms with Crippen molar-refractivity contribution in [2.45, 2.75) is 0 Å². The third kappa shape index (κ3) is 2.48. The van der Waals surface area contributed by atoms with E-state index >= 15 is 0 Å². The monoisotopic (exact) mass is 273 g/mol. The van der Waals surface area contributed by atoms with Gasteiger partial charge in [-0.1, -0.05) is 18.2 Å². The van der Waals surface area contributed by atoms with Crippen LogP contribution in [0.4, 0.5) is 15.9 Å². The average Bonchev–Trinajstić information content (AvgIpc) is 2.38. The first kappa shape index (κ1) is 11.9. The smallest absolute Gasteiger partial charge is 0.224 e. The van der Waals surface area contributed by atoms with E-state index in [1.165, 1.54) is 12.1 Å². The molecule has 0 saturated heterocycles. The molecule has 3 rings (SSSR count). The van der Waals surface area contributed by atoms with E-state index in [1.54, 1.807) is 12.1 Å². The minimum atomic E-state index is -0.311. The average molecular weight is 274 g/mol. The van der Waals surface area contributed by atoms with Gasteiger partial charge in [0.25, 0.3) is 0 Å². The van der Waals surface area contributed by atoms with E-state index in [1.807, 2.05) is 24.3 Å². The molecule has 1 aromatic heterocycles. The number of fused-ring (bicyclic) bond motifs is 1. The van der Waals surface area contributed by atoms with Crippen molar-refractivity contribution in [3.63, 3.8) is 0 Å². The molecule has 0 aliphatic carbocycles. The first-order valence-electron chi connectivity index (χ1n) is 5.67. The summed E-state index contributed by atoms with van der Waals surface area (Å²) >= 11 is 5.89.